The third-order valence-corrected chi connectivity index (χ3v) is 2.17. The van der Waals surface area contributed by atoms with Crippen LogP contribution in [-0.2, 0) is 4.74 Å². The summed E-state index contributed by atoms with van der Waals surface area (Å²) in [7, 11) is 0. The van der Waals surface area contributed by atoms with Gasteiger partial charge in [-0.3, -0.25) is 0 Å². The Labute approximate surface area is 83.1 Å². The lowest BCUT2D eigenvalue weighted by Crippen LogP contribution is -2.12. The highest BCUT2D eigenvalue weighted by Gasteiger charge is 2.22. The van der Waals surface area contributed by atoms with Crippen LogP contribution in [0.5, 0.6) is 0 Å². The molecule has 0 saturated heterocycles. The van der Waals surface area contributed by atoms with E-state index >= 15 is 0 Å². The predicted octanol–water partition coefficient (Wildman–Crippen LogP) is 1.54. The Bertz CT molecular complexity index is 334. The summed E-state index contributed by atoms with van der Waals surface area (Å²) < 4.78 is 5.28. The smallest absolute Gasteiger partial charge is 0.218 e. The van der Waals surface area contributed by atoms with Crippen LogP contribution in [0.15, 0.2) is 35.3 Å². The molecule has 0 saturated carbocycles. The zero-order chi connectivity index (χ0) is 9.97. The maximum Gasteiger partial charge on any atom is 0.218 e. The number of aliphatic hydroxyl groups is 1. The third kappa shape index (κ3) is 1.77. The summed E-state index contributed by atoms with van der Waals surface area (Å²) in [6, 6.07) is 9.56. The molecule has 2 atom stereocenters. The number of hydrogen-bond donors (Lipinski definition) is 1. The molecule has 14 heavy (non-hydrogen) atoms. The minimum absolute atomic E-state index is 0.156. The van der Waals surface area contributed by atoms with E-state index in [4.69, 9.17) is 4.74 Å². The zero-order valence-electron chi connectivity index (χ0n) is 8.05. The summed E-state index contributed by atoms with van der Waals surface area (Å²) in [4.78, 5) is 4.21. The molecule has 1 N–H and O–H groups in total. The van der Waals surface area contributed by atoms with Crippen LogP contribution in [0.25, 0.3) is 0 Å². The quantitative estimate of drug-likeness (QED) is 0.770. The van der Waals surface area contributed by atoms with Gasteiger partial charge in [-0.05, 0) is 12.5 Å². The normalized spacial score (nSPS) is 22.7. The maximum atomic E-state index is 9.88. The molecule has 1 heterocycles. The van der Waals surface area contributed by atoms with E-state index in [-0.39, 0.29) is 6.04 Å². The molecular weight excluding hydrogens is 178 g/mol. The number of benzene rings is 1. The van der Waals surface area contributed by atoms with E-state index < -0.39 is 6.10 Å². The lowest BCUT2D eigenvalue weighted by molar-refractivity contribution is 0.200. The Morgan fingerprint density at radius 3 is 2.71 bits per heavy atom. The zero-order valence-corrected chi connectivity index (χ0v) is 8.05. The van der Waals surface area contributed by atoms with Crippen molar-refractivity contribution in [1.82, 2.24) is 0 Å². The number of hydrogen-bond acceptors (Lipinski definition) is 3. The Morgan fingerprint density at radius 1 is 1.43 bits per heavy atom. The lowest BCUT2D eigenvalue weighted by Gasteiger charge is -2.09. The van der Waals surface area contributed by atoms with Crippen molar-refractivity contribution in [3.05, 3.63) is 35.9 Å². The number of ether oxygens (including phenoxy) is 1. The first-order chi connectivity index (χ1) is 6.77. The second kappa shape index (κ2) is 3.80. The number of aliphatic hydroxyl groups excluding tert-OH is 1. The SMILES string of the molecule is C[C@H]1COC([C@@H](O)c2ccccc2)=N1. The van der Waals surface area contributed by atoms with Gasteiger partial charge < -0.3 is 9.84 Å². The Balaban J connectivity index is 2.17. The van der Waals surface area contributed by atoms with E-state index in [9.17, 15) is 5.11 Å². The minimum atomic E-state index is -0.721. The molecule has 3 nitrogen and oxygen atoms in total. The van der Waals surface area contributed by atoms with Crippen molar-refractivity contribution < 1.29 is 9.84 Å². The molecule has 0 amide bonds. The van der Waals surface area contributed by atoms with E-state index in [1.165, 1.54) is 0 Å². The van der Waals surface area contributed by atoms with Crippen LogP contribution < -0.4 is 0 Å². The number of rotatable bonds is 2. The van der Waals surface area contributed by atoms with Gasteiger partial charge in [0.2, 0.25) is 5.90 Å². The van der Waals surface area contributed by atoms with Crippen molar-refractivity contribution in [2.45, 2.75) is 19.1 Å². The van der Waals surface area contributed by atoms with Crippen LogP contribution in [0.1, 0.15) is 18.6 Å². The second-order valence-corrected chi connectivity index (χ2v) is 3.44. The standard InChI is InChI=1S/C11H13NO2/c1-8-7-14-11(12-8)10(13)9-5-3-2-4-6-9/h2-6,8,10,13H,7H2,1H3/t8-,10-/m0/s1. The first-order valence-electron chi connectivity index (χ1n) is 4.71. The molecule has 1 aromatic carbocycles. The van der Waals surface area contributed by atoms with Crippen LogP contribution in [0.2, 0.25) is 0 Å². The topological polar surface area (TPSA) is 41.8 Å². The van der Waals surface area contributed by atoms with E-state index in [2.05, 4.69) is 4.99 Å². The van der Waals surface area contributed by atoms with Gasteiger partial charge >= 0.3 is 0 Å². The molecule has 0 aliphatic carbocycles. The van der Waals surface area contributed by atoms with Crippen LogP contribution in [-0.4, -0.2) is 23.7 Å². The maximum absolute atomic E-state index is 9.88. The molecule has 1 aliphatic rings. The highest BCUT2D eigenvalue weighted by Crippen LogP contribution is 2.18. The van der Waals surface area contributed by atoms with E-state index in [0.29, 0.717) is 12.5 Å². The molecule has 0 spiro atoms. The van der Waals surface area contributed by atoms with Gasteiger partial charge in [0, 0.05) is 0 Å². The molecule has 0 unspecified atom stereocenters. The third-order valence-electron chi connectivity index (χ3n) is 2.17. The molecule has 0 radical (unpaired) electrons. The first kappa shape index (κ1) is 9.21. The Kier molecular flexibility index (Phi) is 2.50. The summed E-state index contributed by atoms with van der Waals surface area (Å²) in [5.74, 6) is 0.434. The molecule has 0 fully saturated rings. The fraction of sp³-hybridized carbons (Fsp3) is 0.364. The Morgan fingerprint density at radius 2 is 2.14 bits per heavy atom. The summed E-state index contributed by atoms with van der Waals surface area (Å²) in [5.41, 5.74) is 0.820. The monoisotopic (exact) mass is 191 g/mol. The van der Waals surface area contributed by atoms with Gasteiger partial charge in [-0.2, -0.15) is 0 Å². The number of aliphatic imine (C=N–C) groups is 1. The summed E-state index contributed by atoms with van der Waals surface area (Å²) in [5, 5.41) is 9.88. The van der Waals surface area contributed by atoms with Crippen molar-refractivity contribution in [1.29, 1.82) is 0 Å². The van der Waals surface area contributed by atoms with Gasteiger partial charge in [0.25, 0.3) is 0 Å². The van der Waals surface area contributed by atoms with Gasteiger partial charge in [-0.15, -0.1) is 0 Å². The van der Waals surface area contributed by atoms with Gasteiger partial charge in [0.1, 0.15) is 6.61 Å². The summed E-state index contributed by atoms with van der Waals surface area (Å²) in [6.07, 6.45) is -0.721. The van der Waals surface area contributed by atoms with Gasteiger partial charge in [-0.25, -0.2) is 4.99 Å². The molecule has 2 rings (SSSR count). The minimum Gasteiger partial charge on any atom is -0.477 e. The van der Waals surface area contributed by atoms with Gasteiger partial charge in [-0.1, -0.05) is 30.3 Å². The average molecular weight is 191 g/mol. The van der Waals surface area contributed by atoms with Crippen molar-refractivity contribution in [2.75, 3.05) is 6.61 Å². The molecule has 1 aromatic rings. The van der Waals surface area contributed by atoms with Crippen molar-refractivity contribution in [2.24, 2.45) is 4.99 Å². The van der Waals surface area contributed by atoms with Crippen LogP contribution in [0.3, 0.4) is 0 Å². The van der Waals surface area contributed by atoms with E-state index in [1.54, 1.807) is 0 Å². The summed E-state index contributed by atoms with van der Waals surface area (Å²) >= 11 is 0. The average Bonchev–Trinajstić information content (AvgIpc) is 2.65. The van der Waals surface area contributed by atoms with Gasteiger partial charge in [0.15, 0.2) is 6.10 Å². The van der Waals surface area contributed by atoms with Crippen molar-refractivity contribution >= 4 is 5.90 Å². The van der Waals surface area contributed by atoms with Crippen LogP contribution in [0, 0.1) is 0 Å². The highest BCUT2D eigenvalue weighted by molar-refractivity contribution is 5.83. The Hall–Kier alpha value is -1.35. The van der Waals surface area contributed by atoms with Gasteiger partial charge in [0.05, 0.1) is 6.04 Å². The van der Waals surface area contributed by atoms with Crippen molar-refractivity contribution in [3.8, 4) is 0 Å². The highest BCUT2D eigenvalue weighted by atomic mass is 16.5. The molecule has 74 valence electrons. The van der Waals surface area contributed by atoms with E-state index in [1.807, 2.05) is 37.3 Å². The van der Waals surface area contributed by atoms with Crippen LogP contribution >= 0.6 is 0 Å². The largest absolute Gasteiger partial charge is 0.477 e. The number of nitrogens with zero attached hydrogens (tertiary/aromatic N) is 1. The molecular formula is C11H13NO2. The fourth-order valence-corrected chi connectivity index (χ4v) is 1.43. The molecule has 0 bridgehead atoms. The van der Waals surface area contributed by atoms with Crippen molar-refractivity contribution in [3.63, 3.8) is 0 Å². The molecule has 3 heteroatoms. The fourth-order valence-electron chi connectivity index (χ4n) is 1.43. The molecule has 0 aromatic heterocycles. The molecule has 1 aliphatic heterocycles. The second-order valence-electron chi connectivity index (χ2n) is 3.44. The lowest BCUT2D eigenvalue weighted by atomic mass is 10.1. The predicted molar refractivity (Wildman–Crippen MR) is 54.3 cm³/mol. The van der Waals surface area contributed by atoms with Crippen LogP contribution in [0.4, 0.5) is 0 Å². The summed E-state index contributed by atoms with van der Waals surface area (Å²) in [6.45, 7) is 2.53. The first-order valence-corrected chi connectivity index (χ1v) is 4.71. The van der Waals surface area contributed by atoms with E-state index in [0.717, 1.165) is 5.56 Å².